The fourth-order valence-electron chi connectivity index (χ4n) is 1.67. The normalized spacial score (nSPS) is 21.8. The second kappa shape index (κ2) is 6.50. The maximum Gasteiger partial charge on any atom is 0.307 e. The molecule has 0 amide bonds. The average Bonchev–Trinajstić information content (AvgIpc) is 2.16. The Morgan fingerprint density at radius 2 is 2.25 bits per heavy atom. The number of carbonyl (C=O) groups excluding carboxylic acids is 1. The standard InChI is InChI=1S/C12H23NO2S/c1-12(2,3)15-11(14)6-7-13-10-5-4-8-16-9-10/h10,13H,4-9H2,1-3H3. The number of rotatable bonds is 4. The van der Waals surface area contributed by atoms with Crippen LogP contribution in [0.5, 0.6) is 0 Å². The predicted octanol–water partition coefficient (Wildman–Crippen LogP) is 2.20. The van der Waals surface area contributed by atoms with Crippen molar-refractivity contribution in [3.63, 3.8) is 0 Å². The molecule has 0 aromatic carbocycles. The molecule has 4 heteroatoms. The van der Waals surface area contributed by atoms with Gasteiger partial charge in [0.05, 0.1) is 6.42 Å². The molecule has 1 aliphatic heterocycles. The molecule has 1 unspecified atom stereocenters. The van der Waals surface area contributed by atoms with E-state index in [4.69, 9.17) is 4.74 Å². The zero-order valence-corrected chi connectivity index (χ0v) is 11.4. The first-order valence-corrected chi connectivity index (χ1v) is 7.16. The van der Waals surface area contributed by atoms with Gasteiger partial charge in [0.1, 0.15) is 5.60 Å². The third kappa shape index (κ3) is 6.38. The van der Waals surface area contributed by atoms with Gasteiger partial charge in [-0.3, -0.25) is 4.79 Å². The Labute approximate surface area is 103 Å². The molecule has 0 aliphatic carbocycles. The van der Waals surface area contributed by atoms with E-state index in [0.717, 1.165) is 6.54 Å². The number of thioether (sulfide) groups is 1. The number of esters is 1. The minimum Gasteiger partial charge on any atom is -0.460 e. The minimum atomic E-state index is -0.363. The summed E-state index contributed by atoms with van der Waals surface area (Å²) >= 11 is 1.99. The molecule has 1 aliphatic rings. The molecule has 0 saturated carbocycles. The van der Waals surface area contributed by atoms with Gasteiger partial charge in [-0.2, -0.15) is 11.8 Å². The van der Waals surface area contributed by atoms with Crippen molar-refractivity contribution in [1.29, 1.82) is 0 Å². The van der Waals surface area contributed by atoms with Crippen molar-refractivity contribution >= 4 is 17.7 Å². The van der Waals surface area contributed by atoms with Crippen LogP contribution < -0.4 is 5.32 Å². The van der Waals surface area contributed by atoms with Crippen molar-refractivity contribution in [3.8, 4) is 0 Å². The number of carbonyl (C=O) groups is 1. The highest BCUT2D eigenvalue weighted by molar-refractivity contribution is 7.99. The lowest BCUT2D eigenvalue weighted by molar-refractivity contribution is -0.154. The Bertz CT molecular complexity index is 220. The fraction of sp³-hybridized carbons (Fsp3) is 0.917. The molecule has 1 N–H and O–H groups in total. The number of hydrogen-bond acceptors (Lipinski definition) is 4. The van der Waals surface area contributed by atoms with Gasteiger partial charge in [-0.25, -0.2) is 0 Å². The molecule has 1 rings (SSSR count). The summed E-state index contributed by atoms with van der Waals surface area (Å²) in [6, 6.07) is 0.584. The van der Waals surface area contributed by atoms with Gasteiger partial charge >= 0.3 is 5.97 Å². The van der Waals surface area contributed by atoms with E-state index in [9.17, 15) is 4.79 Å². The van der Waals surface area contributed by atoms with E-state index >= 15 is 0 Å². The maximum atomic E-state index is 11.4. The SMILES string of the molecule is CC(C)(C)OC(=O)CCNC1CCCSC1. The van der Waals surface area contributed by atoms with Crippen molar-refractivity contribution in [1.82, 2.24) is 5.32 Å². The Kier molecular flexibility index (Phi) is 5.62. The van der Waals surface area contributed by atoms with Gasteiger partial charge in [0.2, 0.25) is 0 Å². The summed E-state index contributed by atoms with van der Waals surface area (Å²) < 4.78 is 5.24. The molecule has 1 heterocycles. The third-order valence-corrected chi connectivity index (χ3v) is 3.56. The van der Waals surface area contributed by atoms with E-state index in [1.165, 1.54) is 24.3 Å². The smallest absolute Gasteiger partial charge is 0.307 e. The van der Waals surface area contributed by atoms with Gasteiger partial charge in [0, 0.05) is 18.3 Å². The number of ether oxygens (including phenoxy) is 1. The van der Waals surface area contributed by atoms with E-state index in [-0.39, 0.29) is 11.6 Å². The fourth-order valence-corrected chi connectivity index (χ4v) is 2.78. The van der Waals surface area contributed by atoms with Crippen molar-refractivity contribution in [2.24, 2.45) is 0 Å². The first kappa shape index (κ1) is 13.8. The summed E-state index contributed by atoms with van der Waals surface area (Å²) in [7, 11) is 0. The van der Waals surface area contributed by atoms with Crippen LogP contribution in [0.2, 0.25) is 0 Å². The van der Waals surface area contributed by atoms with Gasteiger partial charge in [-0.15, -0.1) is 0 Å². The summed E-state index contributed by atoms with van der Waals surface area (Å²) in [5.74, 6) is 2.35. The molecule has 0 spiro atoms. The van der Waals surface area contributed by atoms with Gasteiger partial charge < -0.3 is 10.1 Å². The highest BCUT2D eigenvalue weighted by Gasteiger charge is 2.17. The lowest BCUT2D eigenvalue weighted by Gasteiger charge is -2.23. The van der Waals surface area contributed by atoms with E-state index < -0.39 is 0 Å². The van der Waals surface area contributed by atoms with Crippen LogP contribution in [-0.2, 0) is 9.53 Å². The molecule has 1 fully saturated rings. The van der Waals surface area contributed by atoms with Crippen molar-refractivity contribution in [3.05, 3.63) is 0 Å². The lowest BCUT2D eigenvalue weighted by atomic mass is 10.2. The van der Waals surface area contributed by atoms with Crippen LogP contribution in [0.4, 0.5) is 0 Å². The first-order chi connectivity index (χ1) is 7.47. The van der Waals surface area contributed by atoms with Gasteiger partial charge in [0.25, 0.3) is 0 Å². The van der Waals surface area contributed by atoms with Gasteiger partial charge in [0.15, 0.2) is 0 Å². The molecule has 16 heavy (non-hydrogen) atoms. The van der Waals surface area contributed by atoms with Crippen LogP contribution in [0.3, 0.4) is 0 Å². The van der Waals surface area contributed by atoms with E-state index in [0.29, 0.717) is 12.5 Å². The summed E-state index contributed by atoms with van der Waals surface area (Å²) in [5, 5.41) is 3.42. The summed E-state index contributed by atoms with van der Waals surface area (Å²) in [4.78, 5) is 11.4. The molecular formula is C12H23NO2S. The second-order valence-corrected chi connectivity index (χ2v) is 6.35. The van der Waals surface area contributed by atoms with E-state index in [2.05, 4.69) is 5.32 Å². The summed E-state index contributed by atoms with van der Waals surface area (Å²) in [6.07, 6.45) is 2.99. The Morgan fingerprint density at radius 3 is 2.81 bits per heavy atom. The molecule has 0 aromatic heterocycles. The number of nitrogens with one attached hydrogen (secondary N) is 1. The lowest BCUT2D eigenvalue weighted by Crippen LogP contribution is -2.36. The number of hydrogen-bond donors (Lipinski definition) is 1. The summed E-state index contributed by atoms with van der Waals surface area (Å²) in [6.45, 7) is 6.43. The molecular weight excluding hydrogens is 222 g/mol. The molecule has 0 aromatic rings. The average molecular weight is 245 g/mol. The molecule has 0 radical (unpaired) electrons. The molecule has 0 bridgehead atoms. The first-order valence-electron chi connectivity index (χ1n) is 6.00. The monoisotopic (exact) mass is 245 g/mol. The Hall–Kier alpha value is -0.220. The topological polar surface area (TPSA) is 38.3 Å². The second-order valence-electron chi connectivity index (χ2n) is 5.20. The molecule has 3 nitrogen and oxygen atoms in total. The maximum absolute atomic E-state index is 11.4. The van der Waals surface area contributed by atoms with Crippen LogP contribution >= 0.6 is 11.8 Å². The molecule has 1 saturated heterocycles. The van der Waals surface area contributed by atoms with Crippen molar-refractivity contribution in [2.75, 3.05) is 18.1 Å². The van der Waals surface area contributed by atoms with E-state index in [1.54, 1.807) is 0 Å². The van der Waals surface area contributed by atoms with Crippen LogP contribution in [0.1, 0.15) is 40.0 Å². The third-order valence-electron chi connectivity index (χ3n) is 2.34. The Morgan fingerprint density at radius 1 is 1.50 bits per heavy atom. The quantitative estimate of drug-likeness (QED) is 0.771. The minimum absolute atomic E-state index is 0.108. The molecule has 94 valence electrons. The van der Waals surface area contributed by atoms with Crippen LogP contribution in [0, 0.1) is 0 Å². The van der Waals surface area contributed by atoms with Crippen molar-refractivity contribution < 1.29 is 9.53 Å². The zero-order chi connectivity index (χ0) is 12.0. The summed E-state index contributed by atoms with van der Waals surface area (Å²) in [5.41, 5.74) is -0.363. The highest BCUT2D eigenvalue weighted by Crippen LogP contribution is 2.16. The van der Waals surface area contributed by atoms with Crippen LogP contribution in [0.15, 0.2) is 0 Å². The van der Waals surface area contributed by atoms with E-state index in [1.807, 2.05) is 32.5 Å². The zero-order valence-electron chi connectivity index (χ0n) is 10.5. The van der Waals surface area contributed by atoms with Gasteiger partial charge in [-0.05, 0) is 39.4 Å². The van der Waals surface area contributed by atoms with Crippen LogP contribution in [-0.4, -0.2) is 35.7 Å². The van der Waals surface area contributed by atoms with Crippen molar-refractivity contribution in [2.45, 2.75) is 51.7 Å². The van der Waals surface area contributed by atoms with Gasteiger partial charge in [-0.1, -0.05) is 0 Å². The van der Waals surface area contributed by atoms with Crippen LogP contribution in [0.25, 0.3) is 0 Å². The highest BCUT2D eigenvalue weighted by atomic mass is 32.2. The Balaban J connectivity index is 2.08. The largest absolute Gasteiger partial charge is 0.460 e. The molecule has 1 atom stereocenters. The predicted molar refractivity (Wildman–Crippen MR) is 68.8 cm³/mol.